The lowest BCUT2D eigenvalue weighted by Gasteiger charge is -2.39. The number of carboxylic acids is 1. The van der Waals surface area contributed by atoms with Gasteiger partial charge in [-0.3, -0.25) is 9.59 Å². The van der Waals surface area contributed by atoms with Crippen molar-refractivity contribution in [3.63, 3.8) is 0 Å². The Balaban J connectivity index is 1.56. The Labute approximate surface area is 150 Å². The zero-order chi connectivity index (χ0) is 17.7. The third-order valence-corrected chi connectivity index (χ3v) is 6.20. The van der Waals surface area contributed by atoms with Crippen LogP contribution in [-0.4, -0.2) is 35.0 Å². The van der Waals surface area contributed by atoms with Gasteiger partial charge >= 0.3 is 5.97 Å². The van der Waals surface area contributed by atoms with E-state index in [2.05, 4.69) is 0 Å². The van der Waals surface area contributed by atoms with E-state index in [9.17, 15) is 14.7 Å². The number of benzene rings is 1. The second-order valence-electron chi connectivity index (χ2n) is 7.68. The fourth-order valence-electron chi connectivity index (χ4n) is 4.48. The van der Waals surface area contributed by atoms with E-state index in [0.29, 0.717) is 38.3 Å². The number of amides is 1. The highest BCUT2D eigenvalue weighted by atomic mass is 16.4. The molecular weight excluding hydrogens is 314 g/mol. The summed E-state index contributed by atoms with van der Waals surface area (Å²) < 4.78 is 0. The molecule has 0 spiro atoms. The summed E-state index contributed by atoms with van der Waals surface area (Å²) in [4.78, 5) is 26.4. The number of hydrogen-bond donors (Lipinski definition) is 1. The Hall–Kier alpha value is -1.84. The van der Waals surface area contributed by atoms with Gasteiger partial charge in [-0.1, -0.05) is 62.4 Å². The zero-order valence-electron chi connectivity index (χ0n) is 15.0. The summed E-state index contributed by atoms with van der Waals surface area (Å²) in [7, 11) is 0. The average Bonchev–Trinajstić information content (AvgIpc) is 2.67. The van der Waals surface area contributed by atoms with E-state index >= 15 is 0 Å². The van der Waals surface area contributed by atoms with Gasteiger partial charge < -0.3 is 10.0 Å². The number of carbonyl (C=O) groups excluding carboxylic acids is 1. The topological polar surface area (TPSA) is 57.6 Å². The first-order valence-electron chi connectivity index (χ1n) is 9.68. The van der Waals surface area contributed by atoms with Crippen LogP contribution in [0.1, 0.15) is 63.4 Å². The number of carboxylic acid groups (broad SMARTS) is 1. The molecule has 1 aromatic carbocycles. The Morgan fingerprint density at radius 1 is 1.04 bits per heavy atom. The number of likely N-dealkylation sites (tertiary alicyclic amines) is 1. The van der Waals surface area contributed by atoms with Gasteiger partial charge in [0.15, 0.2) is 0 Å². The zero-order valence-corrected chi connectivity index (χ0v) is 15.0. The molecule has 0 aromatic heterocycles. The molecule has 136 valence electrons. The van der Waals surface area contributed by atoms with Crippen LogP contribution in [-0.2, 0) is 15.0 Å². The van der Waals surface area contributed by atoms with Crippen molar-refractivity contribution < 1.29 is 14.7 Å². The molecule has 2 aliphatic rings. The minimum Gasteiger partial charge on any atom is -0.481 e. The highest BCUT2D eigenvalue weighted by Crippen LogP contribution is 2.36. The molecule has 1 saturated carbocycles. The van der Waals surface area contributed by atoms with Crippen LogP contribution in [0.2, 0.25) is 0 Å². The Kier molecular flexibility index (Phi) is 5.77. The molecule has 1 aliphatic heterocycles. The first-order chi connectivity index (χ1) is 12.1. The second kappa shape index (κ2) is 8.03. The lowest BCUT2D eigenvalue weighted by atomic mass is 9.72. The minimum absolute atomic E-state index is 0.206. The third kappa shape index (κ3) is 4.05. The van der Waals surface area contributed by atoms with Crippen LogP contribution in [0.4, 0.5) is 0 Å². The van der Waals surface area contributed by atoms with Crippen molar-refractivity contribution in [3.8, 4) is 0 Å². The van der Waals surface area contributed by atoms with Crippen LogP contribution in [0.15, 0.2) is 30.3 Å². The largest absolute Gasteiger partial charge is 0.481 e. The molecule has 1 aromatic rings. The van der Waals surface area contributed by atoms with Crippen LogP contribution >= 0.6 is 0 Å². The van der Waals surface area contributed by atoms with Crippen LogP contribution in [0, 0.1) is 5.92 Å². The van der Waals surface area contributed by atoms with Crippen molar-refractivity contribution in [1.29, 1.82) is 0 Å². The van der Waals surface area contributed by atoms with Gasteiger partial charge in [0.25, 0.3) is 0 Å². The maximum Gasteiger partial charge on any atom is 0.314 e. The summed E-state index contributed by atoms with van der Waals surface area (Å²) in [6.07, 6.45) is 9.11. The van der Waals surface area contributed by atoms with Crippen molar-refractivity contribution in [1.82, 2.24) is 4.90 Å². The number of hydrogen-bond acceptors (Lipinski definition) is 2. The summed E-state index contributed by atoms with van der Waals surface area (Å²) >= 11 is 0. The van der Waals surface area contributed by atoms with Crippen molar-refractivity contribution >= 4 is 11.9 Å². The summed E-state index contributed by atoms with van der Waals surface area (Å²) in [6.45, 7) is 1.09. The Morgan fingerprint density at radius 2 is 1.68 bits per heavy atom. The van der Waals surface area contributed by atoms with Crippen molar-refractivity contribution in [3.05, 3.63) is 35.9 Å². The maximum atomic E-state index is 12.5. The molecule has 1 heterocycles. The molecule has 1 N–H and O–H groups in total. The third-order valence-electron chi connectivity index (χ3n) is 6.20. The standard InChI is InChI=1S/C21H29NO3/c23-19(12-11-17-7-3-1-4-8-17)22-15-13-21(14-16-22,20(24)25)18-9-5-2-6-10-18/h2,5-6,9-10,17H,1,3-4,7-8,11-16H2,(H,24,25). The molecule has 0 atom stereocenters. The number of carbonyl (C=O) groups is 2. The molecule has 4 heteroatoms. The molecule has 0 unspecified atom stereocenters. The molecular formula is C21H29NO3. The fraction of sp³-hybridized carbons (Fsp3) is 0.619. The predicted molar refractivity (Wildman–Crippen MR) is 97.4 cm³/mol. The highest BCUT2D eigenvalue weighted by Gasteiger charge is 2.43. The van der Waals surface area contributed by atoms with Crippen LogP contribution in [0.5, 0.6) is 0 Å². The van der Waals surface area contributed by atoms with Gasteiger partial charge in [0.2, 0.25) is 5.91 Å². The molecule has 2 fully saturated rings. The lowest BCUT2D eigenvalue weighted by molar-refractivity contribution is -0.148. The molecule has 1 saturated heterocycles. The van der Waals surface area contributed by atoms with E-state index in [0.717, 1.165) is 12.0 Å². The van der Waals surface area contributed by atoms with E-state index in [-0.39, 0.29) is 5.91 Å². The quantitative estimate of drug-likeness (QED) is 0.879. The number of nitrogens with zero attached hydrogens (tertiary/aromatic N) is 1. The number of aliphatic carboxylic acids is 1. The monoisotopic (exact) mass is 343 g/mol. The van der Waals surface area contributed by atoms with Crippen LogP contribution in [0.3, 0.4) is 0 Å². The van der Waals surface area contributed by atoms with E-state index in [1.54, 1.807) is 0 Å². The predicted octanol–water partition coefficient (Wildman–Crippen LogP) is 3.99. The molecule has 25 heavy (non-hydrogen) atoms. The average molecular weight is 343 g/mol. The van der Waals surface area contributed by atoms with Crippen molar-refractivity contribution in [2.24, 2.45) is 5.92 Å². The fourth-order valence-corrected chi connectivity index (χ4v) is 4.48. The van der Waals surface area contributed by atoms with E-state index in [1.165, 1.54) is 32.1 Å². The smallest absolute Gasteiger partial charge is 0.314 e. The highest BCUT2D eigenvalue weighted by molar-refractivity contribution is 5.82. The van der Waals surface area contributed by atoms with E-state index < -0.39 is 11.4 Å². The van der Waals surface area contributed by atoms with Gasteiger partial charge in [0.1, 0.15) is 0 Å². The Bertz CT molecular complexity index is 584. The van der Waals surface area contributed by atoms with Gasteiger partial charge in [-0.15, -0.1) is 0 Å². The molecule has 4 nitrogen and oxygen atoms in total. The van der Waals surface area contributed by atoms with E-state index in [4.69, 9.17) is 0 Å². The summed E-state index contributed by atoms with van der Waals surface area (Å²) in [5.74, 6) is 0.149. The molecule has 3 rings (SSSR count). The van der Waals surface area contributed by atoms with E-state index in [1.807, 2.05) is 35.2 Å². The Morgan fingerprint density at radius 3 is 2.28 bits per heavy atom. The molecule has 0 bridgehead atoms. The van der Waals surface area contributed by atoms with Crippen molar-refractivity contribution in [2.45, 2.75) is 63.2 Å². The van der Waals surface area contributed by atoms with Crippen LogP contribution < -0.4 is 0 Å². The second-order valence-corrected chi connectivity index (χ2v) is 7.68. The van der Waals surface area contributed by atoms with Gasteiger partial charge in [0.05, 0.1) is 5.41 Å². The summed E-state index contributed by atoms with van der Waals surface area (Å²) in [5.41, 5.74) is 0.0123. The van der Waals surface area contributed by atoms with Gasteiger partial charge in [0, 0.05) is 19.5 Å². The maximum absolute atomic E-state index is 12.5. The van der Waals surface area contributed by atoms with Gasteiger partial charge in [-0.25, -0.2) is 0 Å². The SMILES string of the molecule is O=C(CCC1CCCCC1)N1CCC(C(=O)O)(c2ccccc2)CC1. The summed E-state index contributed by atoms with van der Waals surface area (Å²) in [5, 5.41) is 9.84. The molecule has 1 amide bonds. The first kappa shape index (κ1) is 18.0. The first-order valence-corrected chi connectivity index (χ1v) is 9.68. The van der Waals surface area contributed by atoms with Crippen LogP contribution in [0.25, 0.3) is 0 Å². The normalized spacial score (nSPS) is 21.0. The molecule has 0 radical (unpaired) electrons. The number of piperidine rings is 1. The van der Waals surface area contributed by atoms with Crippen molar-refractivity contribution in [2.75, 3.05) is 13.1 Å². The minimum atomic E-state index is -0.846. The van der Waals surface area contributed by atoms with Gasteiger partial charge in [-0.05, 0) is 30.7 Å². The van der Waals surface area contributed by atoms with Gasteiger partial charge in [-0.2, -0.15) is 0 Å². The summed E-state index contributed by atoms with van der Waals surface area (Å²) in [6, 6.07) is 9.48. The number of rotatable bonds is 5. The lowest BCUT2D eigenvalue weighted by Crippen LogP contribution is -2.49. The molecule has 1 aliphatic carbocycles.